The van der Waals surface area contributed by atoms with Crippen LogP contribution in [0.15, 0.2) is 97.0 Å². The van der Waals surface area contributed by atoms with Crippen molar-refractivity contribution in [1.82, 2.24) is 73.2 Å². The number of halogens is 3. The third kappa shape index (κ3) is 17.5. The average molecular weight is 1550 g/mol. The van der Waals surface area contributed by atoms with Gasteiger partial charge in [0, 0.05) is 41.4 Å². The molecule has 2 aromatic carbocycles. The van der Waals surface area contributed by atoms with Crippen molar-refractivity contribution in [2.75, 3.05) is 68.4 Å². The number of alkyl halides is 2. The zero-order valence-corrected chi connectivity index (χ0v) is 61.3. The van der Waals surface area contributed by atoms with E-state index in [1.165, 1.54) is 38.2 Å². The van der Waals surface area contributed by atoms with Gasteiger partial charge in [-0.25, -0.2) is 39.4 Å². The molecule has 1 saturated carbocycles. The van der Waals surface area contributed by atoms with Gasteiger partial charge in [-0.2, -0.15) is 33.7 Å². The number of imidazole rings is 3. The number of nitrogens with one attached hydrogen (secondary N) is 2. The Labute approximate surface area is 618 Å². The summed E-state index contributed by atoms with van der Waals surface area (Å²) < 4.78 is 89.4. The number of esters is 1. The molecule has 5 fully saturated rings. The maximum atomic E-state index is 13.7. The van der Waals surface area contributed by atoms with Gasteiger partial charge in [0.25, 0.3) is 0 Å². The van der Waals surface area contributed by atoms with Crippen LogP contribution in [-0.4, -0.2) is 222 Å². The second-order valence-corrected chi connectivity index (χ2v) is 30.7. The van der Waals surface area contributed by atoms with Gasteiger partial charge in [-0.05, 0) is 69.9 Å². The van der Waals surface area contributed by atoms with Gasteiger partial charge in [-0.3, -0.25) is 18.5 Å². The molecule has 108 heavy (non-hydrogen) atoms. The Kier molecular flexibility index (Phi) is 23.8. The van der Waals surface area contributed by atoms with Crippen LogP contribution in [0.1, 0.15) is 92.5 Å². The van der Waals surface area contributed by atoms with Crippen LogP contribution in [0, 0.1) is 11.3 Å². The molecule has 4 aliphatic heterocycles. The average Bonchev–Trinajstić information content (AvgIpc) is 1.60. The van der Waals surface area contributed by atoms with E-state index in [4.69, 9.17) is 77.0 Å². The first-order valence-electron chi connectivity index (χ1n) is 34.0. The number of nitrogen functional groups attached to an aromatic ring is 4. The minimum atomic E-state index is -3.77. The zero-order valence-electron chi connectivity index (χ0n) is 59.7. The minimum absolute atomic E-state index is 0.0250. The predicted molar refractivity (Wildman–Crippen MR) is 384 cm³/mol. The van der Waals surface area contributed by atoms with Crippen LogP contribution in [-0.2, 0) is 37.8 Å². The molecule has 15 atom stereocenters. The van der Waals surface area contributed by atoms with Gasteiger partial charge in [0.1, 0.15) is 71.7 Å². The van der Waals surface area contributed by atoms with Crippen molar-refractivity contribution in [2.24, 2.45) is 11.3 Å². The molecule has 6 aliphatic rings. The van der Waals surface area contributed by atoms with E-state index in [-0.39, 0.29) is 73.0 Å². The van der Waals surface area contributed by atoms with E-state index in [1.807, 2.05) is 75.6 Å². The number of aliphatic hydroxyl groups excluding tert-OH is 6. The molecule has 584 valence electrons. The smallest absolute Gasteiger partial charge is 0.409 e. The lowest BCUT2D eigenvalue weighted by molar-refractivity contribution is -0.199. The summed E-state index contributed by atoms with van der Waals surface area (Å²) in [5.74, 6) is -3.04. The van der Waals surface area contributed by atoms with Gasteiger partial charge in [0.05, 0.1) is 58.6 Å². The van der Waals surface area contributed by atoms with Gasteiger partial charge in [0.15, 0.2) is 64.0 Å². The summed E-state index contributed by atoms with van der Waals surface area (Å²) in [6, 6.07) is 13.8. The number of hydrogen-bond acceptors (Lipinski definition) is 33. The number of anilines is 5. The van der Waals surface area contributed by atoms with Crippen molar-refractivity contribution in [3.05, 3.63) is 103 Å². The summed E-state index contributed by atoms with van der Waals surface area (Å²) in [4.78, 5) is 64.3. The SMILES string of the molecule is CC1(C)OC2C(CO)OC(n3cnc4c(N)ncnc43)C2O1.COc1nc(N)nc2c1ncn2C1OC(CO)C(O)C1(C)O.C[C@H](NP(=O)(Cl)Oc1cccc2ccccc12)C(=O)OCC(C)(C)C.Nc1ccn(C2OC(CO)C(O)C2(F)F)c(=O)n1.Nc1nc(NC2CC2)c2ncn(C3C=CC(CO)C3)c2n1. The molecule has 0 amide bonds. The van der Waals surface area contributed by atoms with Gasteiger partial charge >= 0.3 is 24.5 Å². The number of aliphatic hydroxyl groups is 7. The number of hydrogen-bond donors (Lipinski definition) is 13. The van der Waals surface area contributed by atoms with Crippen molar-refractivity contribution < 1.29 is 91.6 Å². The molecule has 0 spiro atoms. The first-order chi connectivity index (χ1) is 51.1. The largest absolute Gasteiger partial charge is 0.479 e. The van der Waals surface area contributed by atoms with Crippen LogP contribution in [0.4, 0.5) is 38.1 Å². The Morgan fingerprint density at radius 2 is 1.37 bits per heavy atom. The molecule has 42 heteroatoms. The lowest BCUT2D eigenvalue weighted by Gasteiger charge is -2.27. The molecule has 38 nitrogen and oxygen atoms in total. The van der Waals surface area contributed by atoms with Crippen molar-refractivity contribution in [2.45, 2.75) is 165 Å². The number of carbonyl (C=O) groups is 1. The van der Waals surface area contributed by atoms with Crippen molar-refractivity contribution in [3.63, 3.8) is 0 Å². The summed E-state index contributed by atoms with van der Waals surface area (Å²) in [5.41, 5.74) is 22.9. The van der Waals surface area contributed by atoms with E-state index >= 15 is 0 Å². The number of methoxy groups -OCH3 is 1. The predicted octanol–water partition coefficient (Wildman–Crippen LogP) is 3.17. The number of ether oxygens (including phenoxy) is 7. The second-order valence-electron chi connectivity index (χ2n) is 27.9. The maximum absolute atomic E-state index is 13.7. The van der Waals surface area contributed by atoms with E-state index in [0.717, 1.165) is 59.3 Å². The lowest BCUT2D eigenvalue weighted by atomic mass is 9.96. The third-order valence-electron chi connectivity index (χ3n) is 17.8. The number of nitrogens with two attached hydrogens (primary N) is 4. The number of fused-ring (bicyclic) bond motifs is 5. The highest BCUT2D eigenvalue weighted by molar-refractivity contribution is 7.84. The highest BCUT2D eigenvalue weighted by Crippen LogP contribution is 2.51. The van der Waals surface area contributed by atoms with Crippen LogP contribution < -0.4 is 48.3 Å². The number of nitrogens with zero attached hydrogens (tertiary/aromatic N) is 14. The van der Waals surface area contributed by atoms with Crippen LogP contribution >= 0.6 is 18.1 Å². The summed E-state index contributed by atoms with van der Waals surface area (Å²) in [6.07, 6.45) is 3.92. The van der Waals surface area contributed by atoms with Crippen LogP contribution in [0.2, 0.25) is 0 Å². The Morgan fingerprint density at radius 1 is 0.741 bits per heavy atom. The quantitative estimate of drug-likeness (QED) is 0.0354. The fraction of sp³-hybridized carbons (Fsp3) is 0.515. The Morgan fingerprint density at radius 3 is 2.02 bits per heavy atom. The molecule has 17 N–H and O–H groups in total. The van der Waals surface area contributed by atoms with Gasteiger partial charge in [-0.15, -0.1) is 0 Å². The highest BCUT2D eigenvalue weighted by atomic mass is 35.7. The van der Waals surface area contributed by atoms with Crippen molar-refractivity contribution in [1.29, 1.82) is 0 Å². The first-order valence-corrected chi connectivity index (χ1v) is 36.5. The molecular weight excluding hydrogens is 1470 g/mol. The Hall–Kier alpha value is -9.10. The van der Waals surface area contributed by atoms with Gasteiger partial charge in [-0.1, -0.05) is 69.3 Å². The van der Waals surface area contributed by atoms with Crippen LogP contribution in [0.25, 0.3) is 44.3 Å². The summed E-state index contributed by atoms with van der Waals surface area (Å²) >= 11 is 6.01. The fourth-order valence-corrected chi connectivity index (χ4v) is 14.0. The van der Waals surface area contributed by atoms with Crippen LogP contribution in [0.5, 0.6) is 11.6 Å². The summed E-state index contributed by atoms with van der Waals surface area (Å²) in [7, 11) is 1.42. The fourth-order valence-electron chi connectivity index (χ4n) is 12.3. The van der Waals surface area contributed by atoms with Crippen LogP contribution in [0.3, 0.4) is 0 Å². The maximum Gasteiger partial charge on any atom is 0.409 e. The van der Waals surface area contributed by atoms with E-state index < -0.39 is 104 Å². The molecule has 15 rings (SSSR count). The lowest BCUT2D eigenvalue weighted by Crippen LogP contribution is -2.44. The van der Waals surface area contributed by atoms with Crippen molar-refractivity contribution in [3.8, 4) is 11.6 Å². The number of allylic oxidation sites excluding steroid dienone is 1. The van der Waals surface area contributed by atoms with Crippen molar-refractivity contribution >= 4 is 97.7 Å². The minimum Gasteiger partial charge on any atom is -0.479 e. The number of benzene rings is 2. The molecule has 0 bridgehead atoms. The monoisotopic (exact) mass is 1550 g/mol. The second kappa shape index (κ2) is 32.2. The van der Waals surface area contributed by atoms with E-state index in [0.29, 0.717) is 44.5 Å². The highest BCUT2D eigenvalue weighted by Gasteiger charge is 2.60. The van der Waals surface area contributed by atoms with Gasteiger partial charge in [0.2, 0.25) is 24.0 Å². The Bertz CT molecular complexity index is 4810. The standard InChI is InChI=1S/C18H23ClNO4P.C14H18N6O.C13H17N5O4.C12H17N5O5.C9H11F2N3O4/c1-13(17(21)23-12-18(2,3)4)20-25(19,22)24-16-11-7-9-14-8-5-6-10-15(14)16;15-14-18-12(17-9-2-3-9)11-13(19-14)20(7-16-11)10-4-1-8(5-10)6-21;1-13(2)21-8-6(3-19)20-12(9(8)22-13)18-5-17-7-10(14)15-4-16-11(7)18;1-12(20)7(19)5(3-18)22-10(12)17-4-14-6-8(17)15-11(13)16-9(6)21-2;10-9(11)6(16)4(3-15)18-7(9)14-2-1-5(12)13-8(14)17/h5-11,13H,12H2,1-4H3,(H,20,22);1,4,7-10,21H,2-3,5-6H2,(H3,15,17,18,19);4-6,8-9,12,19H,3H2,1-2H3,(H2,14,15,16);4-5,7,10,18-20H,3H2,1-2H3,(H2,13,15,16);1-2,4,6-7,15-16H,3H2,(H2,12,13,17)/t13-,25?;;;;/m0..../s1. The van der Waals surface area contributed by atoms with E-state index in [2.05, 4.69) is 66.3 Å². The zero-order chi connectivity index (χ0) is 78.1. The molecule has 4 saturated heterocycles. The summed E-state index contributed by atoms with van der Waals surface area (Å²) in [5, 5.41) is 74.3. The molecule has 14 unspecified atom stereocenters. The van der Waals surface area contributed by atoms with Gasteiger partial charge < -0.3 is 106 Å². The topological polar surface area (TPSA) is 543 Å². The number of carbonyl (C=O) groups excluding carboxylic acids is 1. The summed E-state index contributed by atoms with van der Waals surface area (Å²) in [6.45, 7) is 7.76. The molecular formula is C66H86ClF2N20O18P. The van der Waals surface area contributed by atoms with E-state index in [9.17, 15) is 53.6 Å². The normalized spacial score (nSPS) is 26.8. The molecule has 9 aromatic rings. The Balaban J connectivity index is 0.000000135. The first kappa shape index (κ1) is 79.9. The molecule has 2 aliphatic carbocycles. The number of rotatable bonds is 17. The van der Waals surface area contributed by atoms with E-state index in [1.54, 1.807) is 29.4 Å². The molecule has 7 aromatic heterocycles. The number of aromatic nitrogens is 14. The third-order valence-corrected chi connectivity index (χ3v) is 19.5. The molecule has 0 radical (unpaired) electrons. The molecule has 11 heterocycles.